The van der Waals surface area contributed by atoms with Crippen LogP contribution in [0.15, 0.2) is 29.1 Å². The van der Waals surface area contributed by atoms with Crippen LogP contribution in [0.25, 0.3) is 0 Å². The summed E-state index contributed by atoms with van der Waals surface area (Å²) in [7, 11) is 0. The number of aromatic nitrogens is 2. The van der Waals surface area contributed by atoms with Crippen LogP contribution in [-0.2, 0) is 23.4 Å². The van der Waals surface area contributed by atoms with Crippen molar-refractivity contribution in [1.29, 1.82) is 0 Å². The number of aromatic hydroxyl groups is 1. The maximum absolute atomic E-state index is 13.1. The fraction of sp³-hybridized carbons (Fsp3) is 0.500. The van der Waals surface area contributed by atoms with Gasteiger partial charge in [0.1, 0.15) is 11.6 Å². The molecule has 0 radical (unpaired) electrons. The Balaban J connectivity index is 0.00000289. The van der Waals surface area contributed by atoms with Crippen LogP contribution in [0.1, 0.15) is 61.8 Å². The predicted octanol–water partition coefficient (Wildman–Crippen LogP) is 1.53. The summed E-state index contributed by atoms with van der Waals surface area (Å²) in [5.74, 6) is -1.36. The molecule has 1 saturated heterocycles. The van der Waals surface area contributed by atoms with Crippen LogP contribution in [0.5, 0.6) is 5.75 Å². The minimum absolute atomic E-state index is 0. The minimum Gasteiger partial charge on any atom is -0.501 e. The van der Waals surface area contributed by atoms with Crippen molar-refractivity contribution in [1.82, 2.24) is 25.5 Å². The largest absolute Gasteiger partial charge is 0.501 e. The van der Waals surface area contributed by atoms with Crippen LogP contribution < -0.4 is 21.5 Å². The quantitative estimate of drug-likeness (QED) is 0.524. The Morgan fingerprint density at radius 2 is 1.97 bits per heavy atom. The van der Waals surface area contributed by atoms with Gasteiger partial charge in [-0.3, -0.25) is 19.0 Å². The molecule has 1 aromatic heterocycles. The molecule has 2 fully saturated rings. The lowest BCUT2D eigenvalue weighted by molar-refractivity contribution is -0.125. The first-order chi connectivity index (χ1) is 16.4. The van der Waals surface area contributed by atoms with Crippen LogP contribution in [0.3, 0.4) is 0 Å². The van der Waals surface area contributed by atoms with E-state index in [9.17, 15) is 23.9 Å². The van der Waals surface area contributed by atoms with E-state index in [0.29, 0.717) is 30.8 Å². The second-order valence-electron chi connectivity index (χ2n) is 9.52. The zero-order valence-corrected chi connectivity index (χ0v) is 18.8. The predicted molar refractivity (Wildman–Crippen MR) is 123 cm³/mol. The summed E-state index contributed by atoms with van der Waals surface area (Å²) in [5, 5.41) is 19.6. The van der Waals surface area contributed by atoms with Gasteiger partial charge in [-0.05, 0) is 68.7 Å². The molecule has 1 atom stereocenters. The number of hydrogen-bond acceptors (Lipinski definition) is 6. The third-order valence-electron chi connectivity index (χ3n) is 7.29. The molecule has 1 saturated carbocycles. The molecule has 4 N–H and O–H groups in total. The summed E-state index contributed by atoms with van der Waals surface area (Å²) in [4.78, 5) is 43.6. The average molecular weight is 472 g/mol. The molecule has 2 bridgehead atoms. The number of hydrogen-bond donors (Lipinski definition) is 4. The minimum atomic E-state index is -0.868. The topological polar surface area (TPSA) is 125 Å². The SMILES string of the molecule is O=C(NCc1ccc(F)cc1)c1nc2n(c(=O)c1O)CC1CCC2(NC(=O)C2CCCN2)CC1.[HH]. The van der Waals surface area contributed by atoms with Crippen molar-refractivity contribution in [2.24, 2.45) is 5.92 Å². The fourth-order valence-electron chi connectivity index (χ4n) is 5.35. The highest BCUT2D eigenvalue weighted by Gasteiger charge is 2.46. The summed E-state index contributed by atoms with van der Waals surface area (Å²) in [6, 6.07) is 5.36. The highest BCUT2D eigenvalue weighted by Crippen LogP contribution is 2.43. The van der Waals surface area contributed by atoms with Gasteiger partial charge in [0.25, 0.3) is 11.5 Å². The van der Waals surface area contributed by atoms with Crippen LogP contribution in [0, 0.1) is 11.7 Å². The van der Waals surface area contributed by atoms with Gasteiger partial charge in [0.2, 0.25) is 11.7 Å². The van der Waals surface area contributed by atoms with Crippen molar-refractivity contribution in [3.05, 3.63) is 57.5 Å². The molecule has 9 nitrogen and oxygen atoms in total. The van der Waals surface area contributed by atoms with Crippen molar-refractivity contribution in [3.8, 4) is 5.75 Å². The number of rotatable bonds is 5. The van der Waals surface area contributed by atoms with Crippen molar-refractivity contribution in [2.45, 2.75) is 63.2 Å². The highest BCUT2D eigenvalue weighted by molar-refractivity contribution is 5.94. The monoisotopic (exact) mass is 471 g/mol. The van der Waals surface area contributed by atoms with Crippen molar-refractivity contribution in [3.63, 3.8) is 0 Å². The van der Waals surface area contributed by atoms with Crippen LogP contribution in [0.2, 0.25) is 0 Å². The van der Waals surface area contributed by atoms with Crippen molar-refractivity contribution >= 4 is 11.8 Å². The Hall–Kier alpha value is -3.27. The Morgan fingerprint density at radius 3 is 2.65 bits per heavy atom. The van der Waals surface area contributed by atoms with Crippen molar-refractivity contribution in [2.75, 3.05) is 6.54 Å². The number of benzene rings is 1. The number of amides is 2. The molecule has 3 aliphatic heterocycles. The van der Waals surface area contributed by atoms with Gasteiger partial charge in [-0.25, -0.2) is 9.37 Å². The number of carbonyl (C=O) groups excluding carboxylic acids is 2. The molecule has 4 heterocycles. The number of halogens is 1. The first-order valence-electron chi connectivity index (χ1n) is 11.8. The molecule has 10 heteroatoms. The highest BCUT2D eigenvalue weighted by atomic mass is 19.1. The van der Waals surface area contributed by atoms with Crippen LogP contribution >= 0.6 is 0 Å². The smallest absolute Gasteiger partial charge is 0.296 e. The lowest BCUT2D eigenvalue weighted by Gasteiger charge is -2.37. The molecule has 1 aromatic carbocycles. The molecule has 0 spiro atoms. The molecular weight excluding hydrogens is 441 g/mol. The van der Waals surface area contributed by atoms with E-state index in [1.807, 2.05) is 0 Å². The standard InChI is InChI=1S/C24H28FN5O4.H2/c25-16-5-3-14(4-6-16)12-27-21(33)18-19(31)22(34)30-13-15-7-9-24(10-8-15,23(30)28-18)29-20(32)17-2-1-11-26-17;/h3-6,15,17,26,31H,1-2,7-13H2,(H,27,33)(H,29,32);1H. The fourth-order valence-corrected chi connectivity index (χ4v) is 5.35. The molecule has 2 amide bonds. The van der Waals surface area contributed by atoms with Gasteiger partial charge in [0, 0.05) is 14.5 Å². The van der Waals surface area contributed by atoms with E-state index in [0.717, 1.165) is 32.2 Å². The molecule has 4 aliphatic rings. The second kappa shape index (κ2) is 8.83. The lowest BCUT2D eigenvalue weighted by atomic mass is 9.77. The normalized spacial score (nSPS) is 25.4. The summed E-state index contributed by atoms with van der Waals surface area (Å²) in [6.45, 7) is 1.26. The molecular formula is C24H30FN5O4. The van der Waals surface area contributed by atoms with Gasteiger partial charge in [-0.15, -0.1) is 0 Å². The van der Waals surface area contributed by atoms with E-state index >= 15 is 0 Å². The maximum Gasteiger partial charge on any atom is 0.296 e. The van der Waals surface area contributed by atoms with Gasteiger partial charge in [-0.2, -0.15) is 0 Å². The average Bonchev–Trinajstić information content (AvgIpc) is 3.29. The first kappa shape index (κ1) is 22.5. The van der Waals surface area contributed by atoms with Gasteiger partial charge < -0.3 is 21.1 Å². The van der Waals surface area contributed by atoms with Crippen LogP contribution in [-0.4, -0.2) is 39.1 Å². The van der Waals surface area contributed by atoms with Gasteiger partial charge in [-0.1, -0.05) is 12.1 Å². The molecule has 1 aliphatic carbocycles. The first-order valence-corrected chi connectivity index (χ1v) is 11.8. The second-order valence-corrected chi connectivity index (χ2v) is 9.52. The number of nitrogens with one attached hydrogen (secondary N) is 3. The van der Waals surface area contributed by atoms with Gasteiger partial charge in [0.15, 0.2) is 5.69 Å². The molecule has 1 unspecified atom stereocenters. The molecule has 2 aromatic rings. The van der Waals surface area contributed by atoms with E-state index in [1.54, 1.807) is 0 Å². The maximum atomic E-state index is 13.1. The Kier molecular flexibility index (Phi) is 5.85. The molecule has 182 valence electrons. The Labute approximate surface area is 197 Å². The summed E-state index contributed by atoms with van der Waals surface area (Å²) >= 11 is 0. The van der Waals surface area contributed by atoms with E-state index in [2.05, 4.69) is 20.9 Å². The molecule has 34 heavy (non-hydrogen) atoms. The van der Waals surface area contributed by atoms with Gasteiger partial charge >= 0.3 is 0 Å². The summed E-state index contributed by atoms with van der Waals surface area (Å²) in [6.07, 6.45) is 4.53. The third-order valence-corrected chi connectivity index (χ3v) is 7.29. The number of carbonyl (C=O) groups is 2. The van der Waals surface area contributed by atoms with E-state index < -0.39 is 22.8 Å². The third kappa shape index (κ3) is 4.06. The van der Waals surface area contributed by atoms with E-state index in [-0.39, 0.29) is 37.3 Å². The van der Waals surface area contributed by atoms with E-state index in [4.69, 9.17) is 0 Å². The summed E-state index contributed by atoms with van der Waals surface area (Å²) < 4.78 is 14.6. The molecule has 6 rings (SSSR count). The lowest BCUT2D eigenvalue weighted by Crippen LogP contribution is -2.54. The number of fused-ring (bicyclic) bond motifs is 2. The van der Waals surface area contributed by atoms with Crippen molar-refractivity contribution < 1.29 is 20.5 Å². The Morgan fingerprint density at radius 1 is 1.24 bits per heavy atom. The summed E-state index contributed by atoms with van der Waals surface area (Å²) in [5.41, 5.74) is -1.25. The zero-order chi connectivity index (χ0) is 23.9. The van der Waals surface area contributed by atoms with Gasteiger partial charge in [0.05, 0.1) is 11.6 Å². The number of nitrogens with zero attached hydrogens (tertiary/aromatic N) is 2. The Bertz CT molecular complexity index is 1170. The van der Waals surface area contributed by atoms with E-state index in [1.165, 1.54) is 28.8 Å². The zero-order valence-electron chi connectivity index (χ0n) is 18.8. The van der Waals surface area contributed by atoms with Crippen LogP contribution in [0.4, 0.5) is 4.39 Å².